The van der Waals surface area contributed by atoms with Crippen molar-refractivity contribution in [3.8, 4) is 0 Å². The summed E-state index contributed by atoms with van der Waals surface area (Å²) in [4.78, 5) is 10.8. The van der Waals surface area contributed by atoms with Crippen LogP contribution in [0.5, 0.6) is 0 Å². The van der Waals surface area contributed by atoms with Crippen LogP contribution in [0.15, 0.2) is 23.1 Å². The molecule has 1 fully saturated rings. The van der Waals surface area contributed by atoms with E-state index in [0.29, 0.717) is 13.0 Å². The lowest BCUT2D eigenvalue weighted by Crippen LogP contribution is -2.37. The lowest BCUT2D eigenvalue weighted by molar-refractivity contribution is -0.119. The van der Waals surface area contributed by atoms with Crippen molar-refractivity contribution in [1.82, 2.24) is 9.62 Å². The second-order valence-corrected chi connectivity index (χ2v) is 6.67. The van der Waals surface area contributed by atoms with Gasteiger partial charge in [0.25, 0.3) is 0 Å². The molecule has 1 amide bonds. The van der Waals surface area contributed by atoms with Crippen molar-refractivity contribution in [2.75, 3.05) is 18.8 Å². The molecule has 0 aliphatic carbocycles. The first-order valence-corrected chi connectivity index (χ1v) is 7.57. The molecule has 8 heteroatoms. The highest BCUT2D eigenvalue weighted by atomic mass is 32.2. The van der Waals surface area contributed by atoms with Crippen molar-refractivity contribution in [1.29, 1.82) is 0 Å². The predicted molar refractivity (Wildman–Crippen MR) is 71.8 cm³/mol. The molecule has 1 saturated heterocycles. The molecular weight excluding hydrogens is 285 g/mol. The minimum atomic E-state index is -3.76. The van der Waals surface area contributed by atoms with Gasteiger partial charge in [0.05, 0.1) is 10.6 Å². The highest BCUT2D eigenvalue weighted by Crippen LogP contribution is 2.23. The van der Waals surface area contributed by atoms with E-state index in [4.69, 9.17) is 5.73 Å². The predicted octanol–water partition coefficient (Wildman–Crippen LogP) is 0.307. The van der Waals surface area contributed by atoms with Crippen molar-refractivity contribution in [2.45, 2.75) is 24.3 Å². The summed E-state index contributed by atoms with van der Waals surface area (Å²) < 4.78 is 39.3. The Balaban J connectivity index is 2.19. The molecule has 0 aromatic heterocycles. The van der Waals surface area contributed by atoms with Crippen LogP contribution in [0, 0.1) is 5.82 Å². The summed E-state index contributed by atoms with van der Waals surface area (Å²) in [7, 11) is -3.76. The second kappa shape index (κ2) is 5.37. The number of anilines is 1. The molecule has 1 aromatic carbocycles. The van der Waals surface area contributed by atoms with Crippen LogP contribution in [0.4, 0.5) is 10.1 Å². The number of sulfonamides is 1. The summed E-state index contributed by atoms with van der Waals surface area (Å²) >= 11 is 0. The van der Waals surface area contributed by atoms with Crippen LogP contribution >= 0.6 is 0 Å². The topological polar surface area (TPSA) is 92.5 Å². The lowest BCUT2D eigenvalue weighted by Gasteiger charge is -2.17. The fourth-order valence-electron chi connectivity index (χ4n) is 2.17. The van der Waals surface area contributed by atoms with E-state index in [1.54, 1.807) is 0 Å². The summed E-state index contributed by atoms with van der Waals surface area (Å²) in [6.07, 6.45) is 0.538. The quantitative estimate of drug-likeness (QED) is 0.786. The zero-order valence-corrected chi connectivity index (χ0v) is 11.8. The molecule has 1 aliphatic rings. The first-order chi connectivity index (χ1) is 9.30. The van der Waals surface area contributed by atoms with Crippen LogP contribution < -0.4 is 11.1 Å². The Bertz CT molecular complexity index is 633. The molecule has 1 aromatic rings. The minimum absolute atomic E-state index is 0.0958. The number of hydrogen-bond acceptors (Lipinski definition) is 4. The number of carbonyl (C=O) groups is 1. The van der Waals surface area contributed by atoms with E-state index in [1.165, 1.54) is 23.4 Å². The Morgan fingerprint density at radius 1 is 1.50 bits per heavy atom. The van der Waals surface area contributed by atoms with Gasteiger partial charge < -0.3 is 11.1 Å². The Hall–Kier alpha value is -1.67. The first-order valence-electron chi connectivity index (χ1n) is 6.13. The largest absolute Gasteiger partial charge is 0.396 e. The molecule has 6 nitrogen and oxygen atoms in total. The third kappa shape index (κ3) is 2.91. The number of benzene rings is 1. The maximum atomic E-state index is 13.4. The lowest BCUT2D eigenvalue weighted by atomic mass is 10.3. The Morgan fingerprint density at radius 2 is 2.20 bits per heavy atom. The molecule has 1 atom stereocenters. The number of nitrogens with zero attached hydrogens (tertiary/aromatic N) is 1. The van der Waals surface area contributed by atoms with Gasteiger partial charge in [0, 0.05) is 26.1 Å². The molecular formula is C12H16FN3O3S. The zero-order chi connectivity index (χ0) is 14.9. The average molecular weight is 301 g/mol. The number of rotatable bonds is 3. The number of nitrogen functional groups attached to an aromatic ring is 1. The van der Waals surface area contributed by atoms with Gasteiger partial charge in [-0.05, 0) is 24.6 Å². The second-order valence-electron chi connectivity index (χ2n) is 4.73. The maximum absolute atomic E-state index is 13.4. The Kier molecular flexibility index (Phi) is 3.96. The molecule has 0 spiro atoms. The van der Waals surface area contributed by atoms with Gasteiger partial charge in [0.1, 0.15) is 5.82 Å². The number of hydrogen-bond donors (Lipinski definition) is 2. The monoisotopic (exact) mass is 301 g/mol. The fourth-order valence-corrected chi connectivity index (χ4v) is 3.68. The molecule has 2 rings (SSSR count). The molecule has 0 saturated carbocycles. The van der Waals surface area contributed by atoms with Crippen LogP contribution in [-0.4, -0.2) is 37.8 Å². The van der Waals surface area contributed by atoms with Crippen LogP contribution in [0.1, 0.15) is 13.3 Å². The molecule has 1 heterocycles. The number of amides is 1. The number of halogens is 1. The molecule has 1 aliphatic heterocycles. The van der Waals surface area contributed by atoms with Gasteiger partial charge in [0.15, 0.2) is 0 Å². The zero-order valence-electron chi connectivity index (χ0n) is 11.0. The molecule has 0 radical (unpaired) electrons. The molecule has 0 bridgehead atoms. The van der Waals surface area contributed by atoms with E-state index >= 15 is 0 Å². The third-order valence-corrected chi connectivity index (χ3v) is 5.03. The minimum Gasteiger partial charge on any atom is -0.396 e. The van der Waals surface area contributed by atoms with E-state index in [-0.39, 0.29) is 29.1 Å². The van der Waals surface area contributed by atoms with E-state index < -0.39 is 15.8 Å². The van der Waals surface area contributed by atoms with E-state index in [2.05, 4.69) is 5.32 Å². The number of carbonyl (C=O) groups excluding carboxylic acids is 1. The summed E-state index contributed by atoms with van der Waals surface area (Å²) in [6, 6.07) is 3.21. The van der Waals surface area contributed by atoms with Gasteiger partial charge in [-0.2, -0.15) is 4.31 Å². The summed E-state index contributed by atoms with van der Waals surface area (Å²) in [5.41, 5.74) is 5.24. The van der Waals surface area contributed by atoms with Crippen LogP contribution in [0.3, 0.4) is 0 Å². The molecule has 3 N–H and O–H groups in total. The Morgan fingerprint density at radius 3 is 2.80 bits per heavy atom. The molecule has 110 valence electrons. The van der Waals surface area contributed by atoms with Crippen LogP contribution in [0.2, 0.25) is 0 Å². The van der Waals surface area contributed by atoms with Crippen molar-refractivity contribution in [2.24, 2.45) is 0 Å². The van der Waals surface area contributed by atoms with Gasteiger partial charge in [-0.3, -0.25) is 4.79 Å². The smallest absolute Gasteiger partial charge is 0.243 e. The summed E-state index contributed by atoms with van der Waals surface area (Å²) in [5, 5.41) is 2.68. The van der Waals surface area contributed by atoms with E-state index in [9.17, 15) is 17.6 Å². The van der Waals surface area contributed by atoms with Gasteiger partial charge in [-0.1, -0.05) is 0 Å². The third-order valence-electron chi connectivity index (χ3n) is 3.17. The van der Waals surface area contributed by atoms with E-state index in [0.717, 1.165) is 6.07 Å². The number of nitrogens with one attached hydrogen (secondary N) is 1. The van der Waals surface area contributed by atoms with Crippen molar-refractivity contribution in [3.63, 3.8) is 0 Å². The first kappa shape index (κ1) is 14.7. The molecule has 1 unspecified atom stereocenters. The standard InChI is InChI=1S/C12H16FN3O3S/c1-8(17)15-9-4-5-16(7-9)20(18,19)10-2-3-12(14)11(13)6-10/h2-3,6,9H,4-5,7,14H2,1H3,(H,15,17). The van der Waals surface area contributed by atoms with Crippen molar-refractivity contribution < 1.29 is 17.6 Å². The normalized spacial score (nSPS) is 20.0. The highest BCUT2D eigenvalue weighted by Gasteiger charge is 2.33. The van der Waals surface area contributed by atoms with Gasteiger partial charge in [-0.25, -0.2) is 12.8 Å². The maximum Gasteiger partial charge on any atom is 0.243 e. The van der Waals surface area contributed by atoms with Crippen molar-refractivity contribution >= 4 is 21.6 Å². The fraction of sp³-hybridized carbons (Fsp3) is 0.417. The van der Waals surface area contributed by atoms with Crippen molar-refractivity contribution in [3.05, 3.63) is 24.0 Å². The average Bonchev–Trinajstić information content (AvgIpc) is 2.80. The van der Waals surface area contributed by atoms with Gasteiger partial charge in [0.2, 0.25) is 15.9 Å². The van der Waals surface area contributed by atoms with E-state index in [1.807, 2.05) is 0 Å². The van der Waals surface area contributed by atoms with Crippen LogP contribution in [0.25, 0.3) is 0 Å². The Labute approximate surface area is 116 Å². The van der Waals surface area contributed by atoms with Crippen LogP contribution in [-0.2, 0) is 14.8 Å². The molecule has 20 heavy (non-hydrogen) atoms. The highest BCUT2D eigenvalue weighted by molar-refractivity contribution is 7.89. The number of nitrogens with two attached hydrogens (primary N) is 1. The SMILES string of the molecule is CC(=O)NC1CCN(S(=O)(=O)c2ccc(N)c(F)c2)C1. The summed E-state index contributed by atoms with van der Waals surface area (Å²) in [5.74, 6) is -0.962. The summed E-state index contributed by atoms with van der Waals surface area (Å²) in [6.45, 7) is 1.86. The van der Waals surface area contributed by atoms with Gasteiger partial charge in [-0.15, -0.1) is 0 Å². The van der Waals surface area contributed by atoms with Gasteiger partial charge >= 0.3 is 0 Å².